The van der Waals surface area contributed by atoms with E-state index in [0.29, 0.717) is 12.6 Å². The number of aromatic amines is 1. The van der Waals surface area contributed by atoms with Crippen molar-refractivity contribution in [1.82, 2.24) is 20.2 Å². The summed E-state index contributed by atoms with van der Waals surface area (Å²) < 4.78 is 5.29. The van der Waals surface area contributed by atoms with Gasteiger partial charge in [-0.1, -0.05) is 6.07 Å². The molecule has 5 rings (SSSR count). The number of ether oxygens (including phenoxy) is 1. The fraction of sp³-hybridized carbons (Fsp3) is 0.462. The molecule has 2 aromatic heterocycles. The van der Waals surface area contributed by atoms with E-state index in [4.69, 9.17) is 9.72 Å². The average molecular weight is 433 g/mol. The zero-order valence-corrected chi connectivity index (χ0v) is 19.4. The molecule has 0 unspecified atom stereocenters. The Bertz CT molecular complexity index is 1180. The molecule has 2 aliphatic heterocycles. The van der Waals surface area contributed by atoms with Crippen LogP contribution in [0.15, 0.2) is 24.4 Å². The molecule has 1 saturated heterocycles. The van der Waals surface area contributed by atoms with Crippen LogP contribution >= 0.6 is 0 Å². The number of pyridine rings is 1. The van der Waals surface area contributed by atoms with Crippen molar-refractivity contribution in [2.75, 3.05) is 20.2 Å². The van der Waals surface area contributed by atoms with E-state index in [9.17, 15) is 4.79 Å². The van der Waals surface area contributed by atoms with Crippen molar-refractivity contribution < 1.29 is 9.53 Å². The van der Waals surface area contributed by atoms with Gasteiger partial charge in [-0.2, -0.15) is 0 Å². The van der Waals surface area contributed by atoms with Crippen molar-refractivity contribution in [2.24, 2.45) is 0 Å². The minimum atomic E-state index is -0.408. The van der Waals surface area contributed by atoms with E-state index < -0.39 is 6.10 Å². The predicted octanol–water partition coefficient (Wildman–Crippen LogP) is 4.19. The number of hydrogen-bond acceptors (Lipinski definition) is 4. The van der Waals surface area contributed by atoms with Gasteiger partial charge in [-0.15, -0.1) is 0 Å². The first kappa shape index (κ1) is 21.2. The molecule has 0 radical (unpaired) electrons. The SMILES string of the molecule is CO[C@H](C)C(=O)N1CCc2cc(-c3cnc4[nH]c(C)c(C)c4c3)cc([C@@H]3CCCN3)c2C1. The lowest BCUT2D eigenvalue weighted by Gasteiger charge is -2.33. The summed E-state index contributed by atoms with van der Waals surface area (Å²) in [7, 11) is 1.60. The van der Waals surface area contributed by atoms with Gasteiger partial charge in [-0.3, -0.25) is 4.79 Å². The average Bonchev–Trinajstić information content (AvgIpc) is 3.45. The number of aromatic nitrogens is 2. The number of nitrogens with zero attached hydrogens (tertiary/aromatic N) is 2. The first-order valence-electron chi connectivity index (χ1n) is 11.6. The highest BCUT2D eigenvalue weighted by molar-refractivity contribution is 5.86. The molecule has 1 fully saturated rings. The van der Waals surface area contributed by atoms with Gasteiger partial charge < -0.3 is 19.9 Å². The molecule has 2 N–H and O–H groups in total. The molecule has 6 nitrogen and oxygen atoms in total. The third-order valence-electron chi connectivity index (χ3n) is 7.32. The number of amides is 1. The molecular formula is C26H32N4O2. The number of carbonyl (C=O) groups is 1. The van der Waals surface area contributed by atoms with Crippen LogP contribution in [0.3, 0.4) is 0 Å². The van der Waals surface area contributed by atoms with Crippen molar-refractivity contribution >= 4 is 16.9 Å². The summed E-state index contributed by atoms with van der Waals surface area (Å²) in [6.07, 6.45) is 4.75. The summed E-state index contributed by atoms with van der Waals surface area (Å²) in [6.45, 7) is 8.50. The number of rotatable bonds is 4. The summed E-state index contributed by atoms with van der Waals surface area (Å²) >= 11 is 0. The molecule has 0 saturated carbocycles. The van der Waals surface area contributed by atoms with E-state index in [1.165, 1.54) is 45.3 Å². The summed E-state index contributed by atoms with van der Waals surface area (Å²) in [5.41, 5.74) is 9.72. The fourth-order valence-corrected chi connectivity index (χ4v) is 5.15. The predicted molar refractivity (Wildman–Crippen MR) is 127 cm³/mol. The van der Waals surface area contributed by atoms with E-state index in [1.54, 1.807) is 7.11 Å². The van der Waals surface area contributed by atoms with E-state index in [2.05, 4.69) is 42.3 Å². The molecule has 2 aliphatic rings. The number of aryl methyl sites for hydroxylation is 2. The Morgan fingerprint density at radius 3 is 2.84 bits per heavy atom. The number of fused-ring (bicyclic) bond motifs is 2. The smallest absolute Gasteiger partial charge is 0.251 e. The van der Waals surface area contributed by atoms with Crippen molar-refractivity contribution in [3.63, 3.8) is 0 Å². The molecule has 6 heteroatoms. The third-order valence-corrected chi connectivity index (χ3v) is 7.32. The maximum Gasteiger partial charge on any atom is 0.251 e. The van der Waals surface area contributed by atoms with Crippen LogP contribution in [0.1, 0.15) is 53.8 Å². The third kappa shape index (κ3) is 3.61. The van der Waals surface area contributed by atoms with Crippen LogP contribution in [-0.2, 0) is 22.5 Å². The molecule has 0 bridgehead atoms. The second-order valence-electron chi connectivity index (χ2n) is 9.23. The molecule has 1 aromatic carbocycles. The summed E-state index contributed by atoms with van der Waals surface area (Å²) in [6, 6.07) is 7.24. The Kier molecular flexibility index (Phi) is 5.51. The van der Waals surface area contributed by atoms with Crippen LogP contribution in [0.2, 0.25) is 0 Å². The van der Waals surface area contributed by atoms with Crippen molar-refractivity contribution in [2.45, 2.75) is 58.7 Å². The monoisotopic (exact) mass is 432 g/mol. The Balaban J connectivity index is 1.57. The van der Waals surface area contributed by atoms with Gasteiger partial charge in [0.15, 0.2) is 0 Å². The Morgan fingerprint density at radius 1 is 1.25 bits per heavy atom. The minimum Gasteiger partial charge on any atom is -0.372 e. The van der Waals surface area contributed by atoms with Crippen LogP contribution in [0.5, 0.6) is 0 Å². The maximum absolute atomic E-state index is 12.8. The summed E-state index contributed by atoms with van der Waals surface area (Å²) in [4.78, 5) is 22.8. The molecule has 32 heavy (non-hydrogen) atoms. The Morgan fingerprint density at radius 2 is 2.09 bits per heavy atom. The number of carbonyl (C=O) groups excluding carboxylic acids is 1. The van der Waals surface area contributed by atoms with Crippen LogP contribution < -0.4 is 5.32 Å². The second-order valence-corrected chi connectivity index (χ2v) is 9.23. The second kappa shape index (κ2) is 8.34. The van der Waals surface area contributed by atoms with E-state index in [1.807, 2.05) is 18.0 Å². The lowest BCUT2D eigenvalue weighted by Crippen LogP contribution is -2.42. The molecule has 0 aliphatic carbocycles. The normalized spacial score (nSPS) is 19.4. The van der Waals surface area contributed by atoms with E-state index in [0.717, 1.165) is 37.1 Å². The molecule has 4 heterocycles. The van der Waals surface area contributed by atoms with Crippen LogP contribution in [0.4, 0.5) is 0 Å². The Labute approximate surface area is 189 Å². The van der Waals surface area contributed by atoms with Gasteiger partial charge >= 0.3 is 0 Å². The molecule has 1 amide bonds. The van der Waals surface area contributed by atoms with Crippen molar-refractivity contribution in [1.29, 1.82) is 0 Å². The number of nitrogens with one attached hydrogen (secondary N) is 2. The number of benzene rings is 1. The Hall–Kier alpha value is -2.70. The molecule has 0 spiro atoms. The van der Waals surface area contributed by atoms with Gasteiger partial charge in [0.1, 0.15) is 11.8 Å². The maximum atomic E-state index is 12.8. The van der Waals surface area contributed by atoms with Crippen LogP contribution in [0.25, 0.3) is 22.2 Å². The number of methoxy groups -OCH3 is 1. The first-order chi connectivity index (χ1) is 15.5. The zero-order chi connectivity index (χ0) is 22.4. The standard InChI is InChI=1S/C26H32N4O2/c1-15-16(2)29-25-21(15)12-20(13-28-25)19-10-18-7-9-30(26(31)17(3)32-4)14-23(18)22(11-19)24-6-5-8-27-24/h10-13,17,24,27H,5-9,14H2,1-4H3,(H,28,29)/t17-,24+/m1/s1. The van der Waals surface area contributed by atoms with Gasteiger partial charge in [0.05, 0.1) is 0 Å². The lowest BCUT2D eigenvalue weighted by molar-refractivity contribution is -0.141. The summed E-state index contributed by atoms with van der Waals surface area (Å²) in [5.74, 6) is 0.0699. The largest absolute Gasteiger partial charge is 0.372 e. The van der Waals surface area contributed by atoms with Crippen LogP contribution in [-0.4, -0.2) is 47.1 Å². The number of hydrogen-bond donors (Lipinski definition) is 2. The highest BCUT2D eigenvalue weighted by Crippen LogP contribution is 2.36. The molecule has 168 valence electrons. The first-order valence-corrected chi connectivity index (χ1v) is 11.6. The number of H-pyrrole nitrogens is 1. The molecule has 3 aromatic rings. The molecular weight excluding hydrogens is 400 g/mol. The topological polar surface area (TPSA) is 70.2 Å². The van der Waals surface area contributed by atoms with Gasteiger partial charge in [0, 0.05) is 49.1 Å². The highest BCUT2D eigenvalue weighted by atomic mass is 16.5. The molecule has 2 atom stereocenters. The van der Waals surface area contributed by atoms with E-state index in [-0.39, 0.29) is 5.91 Å². The van der Waals surface area contributed by atoms with Crippen LogP contribution in [0, 0.1) is 13.8 Å². The zero-order valence-electron chi connectivity index (χ0n) is 19.4. The van der Waals surface area contributed by atoms with Crippen molar-refractivity contribution in [3.8, 4) is 11.1 Å². The van der Waals surface area contributed by atoms with E-state index >= 15 is 0 Å². The minimum absolute atomic E-state index is 0.0699. The van der Waals surface area contributed by atoms with Gasteiger partial charge in [0.2, 0.25) is 0 Å². The fourth-order valence-electron chi connectivity index (χ4n) is 5.15. The van der Waals surface area contributed by atoms with Crippen molar-refractivity contribution in [3.05, 3.63) is 52.3 Å². The summed E-state index contributed by atoms with van der Waals surface area (Å²) in [5, 5.41) is 4.86. The lowest BCUT2D eigenvalue weighted by atomic mass is 9.87. The van der Waals surface area contributed by atoms with Gasteiger partial charge in [-0.25, -0.2) is 4.98 Å². The highest BCUT2D eigenvalue weighted by Gasteiger charge is 2.29. The quantitative estimate of drug-likeness (QED) is 0.649. The van der Waals surface area contributed by atoms with Gasteiger partial charge in [0.25, 0.3) is 5.91 Å². The van der Waals surface area contributed by atoms with Gasteiger partial charge in [-0.05, 0) is 86.5 Å².